The van der Waals surface area contributed by atoms with Crippen molar-refractivity contribution < 1.29 is 4.74 Å². The molecule has 1 aromatic heterocycles. The van der Waals surface area contributed by atoms with Crippen molar-refractivity contribution in [3.05, 3.63) is 42.0 Å². The molecule has 19 heavy (non-hydrogen) atoms. The van der Waals surface area contributed by atoms with Crippen molar-refractivity contribution in [2.24, 2.45) is 5.84 Å². The van der Waals surface area contributed by atoms with Gasteiger partial charge in [0.25, 0.3) is 0 Å². The lowest BCUT2D eigenvalue weighted by Gasteiger charge is -2.16. The quantitative estimate of drug-likeness (QED) is 0.604. The highest BCUT2D eigenvalue weighted by atomic mass is 16.5. The maximum Gasteiger partial charge on any atom is 0.149 e. The highest BCUT2D eigenvalue weighted by Crippen LogP contribution is 2.22. The van der Waals surface area contributed by atoms with Crippen molar-refractivity contribution in [1.82, 2.24) is 20.2 Å². The van der Waals surface area contributed by atoms with Crippen LogP contribution in [0.25, 0.3) is 0 Å². The Morgan fingerprint density at radius 1 is 1.37 bits per heavy atom. The Balaban J connectivity index is 2.29. The molecule has 0 radical (unpaired) electrons. The lowest BCUT2D eigenvalue weighted by atomic mass is 10.1. The van der Waals surface area contributed by atoms with Crippen LogP contribution in [0.2, 0.25) is 0 Å². The van der Waals surface area contributed by atoms with Crippen molar-refractivity contribution in [2.75, 3.05) is 7.11 Å². The van der Waals surface area contributed by atoms with Crippen LogP contribution in [-0.2, 0) is 6.54 Å². The third kappa shape index (κ3) is 2.91. The number of nitrogens with zero attached hydrogens (tertiary/aromatic N) is 3. The van der Waals surface area contributed by atoms with Gasteiger partial charge in [0, 0.05) is 6.54 Å². The van der Waals surface area contributed by atoms with Crippen LogP contribution >= 0.6 is 0 Å². The largest absolute Gasteiger partial charge is 0.497 e. The standard InChI is InChI=1S/C13H19N5O/c1-3-8-18-13(15-9-16-18)12(17-14)10-4-6-11(19-2)7-5-10/h4-7,9,12,17H,3,8,14H2,1-2H3. The van der Waals surface area contributed by atoms with Gasteiger partial charge < -0.3 is 4.74 Å². The summed E-state index contributed by atoms with van der Waals surface area (Å²) in [7, 11) is 1.64. The molecule has 3 N–H and O–H groups in total. The van der Waals surface area contributed by atoms with Gasteiger partial charge in [-0.1, -0.05) is 19.1 Å². The van der Waals surface area contributed by atoms with Crippen molar-refractivity contribution in [3.8, 4) is 5.75 Å². The molecule has 6 heteroatoms. The maximum absolute atomic E-state index is 5.67. The number of methoxy groups -OCH3 is 1. The van der Waals surface area contributed by atoms with Gasteiger partial charge in [-0.2, -0.15) is 5.10 Å². The molecule has 0 bridgehead atoms. The first-order valence-corrected chi connectivity index (χ1v) is 6.28. The number of aryl methyl sites for hydroxylation is 1. The fourth-order valence-corrected chi connectivity index (χ4v) is 2.00. The first kappa shape index (κ1) is 13.5. The van der Waals surface area contributed by atoms with E-state index in [0.717, 1.165) is 30.1 Å². The predicted molar refractivity (Wildman–Crippen MR) is 72.5 cm³/mol. The van der Waals surface area contributed by atoms with Crippen molar-refractivity contribution in [2.45, 2.75) is 25.9 Å². The summed E-state index contributed by atoms with van der Waals surface area (Å²) in [5.74, 6) is 7.30. The molecule has 0 aliphatic carbocycles. The predicted octanol–water partition coefficient (Wildman–Crippen LogP) is 1.25. The second-order valence-corrected chi connectivity index (χ2v) is 4.21. The Morgan fingerprint density at radius 2 is 2.11 bits per heavy atom. The Kier molecular flexibility index (Phi) is 4.48. The second-order valence-electron chi connectivity index (χ2n) is 4.21. The molecular formula is C13H19N5O. The molecule has 0 saturated heterocycles. The van der Waals surface area contributed by atoms with Crippen LogP contribution in [0, 0.1) is 0 Å². The Morgan fingerprint density at radius 3 is 2.68 bits per heavy atom. The fourth-order valence-electron chi connectivity index (χ4n) is 2.00. The van der Waals surface area contributed by atoms with E-state index >= 15 is 0 Å². The van der Waals surface area contributed by atoms with Crippen LogP contribution in [0.4, 0.5) is 0 Å². The Bertz CT molecular complexity index is 508. The normalized spacial score (nSPS) is 12.4. The molecular weight excluding hydrogens is 242 g/mol. The lowest BCUT2D eigenvalue weighted by molar-refractivity contribution is 0.414. The van der Waals surface area contributed by atoms with E-state index in [2.05, 4.69) is 22.4 Å². The van der Waals surface area contributed by atoms with Crippen LogP contribution in [0.15, 0.2) is 30.6 Å². The van der Waals surface area contributed by atoms with Gasteiger partial charge in [-0.25, -0.2) is 15.1 Å². The van der Waals surface area contributed by atoms with E-state index in [1.165, 1.54) is 0 Å². The third-order valence-corrected chi connectivity index (χ3v) is 2.95. The van der Waals surface area contributed by atoms with Gasteiger partial charge in [0.2, 0.25) is 0 Å². The molecule has 0 spiro atoms. The van der Waals surface area contributed by atoms with E-state index in [1.54, 1.807) is 13.4 Å². The molecule has 6 nitrogen and oxygen atoms in total. The first-order valence-electron chi connectivity index (χ1n) is 6.28. The summed E-state index contributed by atoms with van der Waals surface area (Å²) in [4.78, 5) is 4.30. The number of aromatic nitrogens is 3. The number of hydrogen-bond donors (Lipinski definition) is 2. The molecule has 0 amide bonds. The van der Waals surface area contributed by atoms with E-state index in [-0.39, 0.29) is 6.04 Å². The molecule has 102 valence electrons. The minimum atomic E-state index is -0.181. The summed E-state index contributed by atoms with van der Waals surface area (Å²) in [5, 5.41) is 4.22. The Hall–Kier alpha value is -1.92. The minimum absolute atomic E-state index is 0.181. The van der Waals surface area contributed by atoms with Crippen LogP contribution in [0.5, 0.6) is 5.75 Å². The summed E-state index contributed by atoms with van der Waals surface area (Å²) in [6.07, 6.45) is 2.55. The average Bonchev–Trinajstić information content (AvgIpc) is 2.89. The van der Waals surface area contributed by atoms with Crippen LogP contribution in [0.3, 0.4) is 0 Å². The zero-order valence-corrected chi connectivity index (χ0v) is 11.2. The van der Waals surface area contributed by atoms with Gasteiger partial charge in [0.1, 0.15) is 23.9 Å². The zero-order valence-electron chi connectivity index (χ0n) is 11.2. The summed E-state index contributed by atoms with van der Waals surface area (Å²) in [6, 6.07) is 7.56. The molecule has 1 heterocycles. The maximum atomic E-state index is 5.67. The average molecular weight is 261 g/mol. The van der Waals surface area contributed by atoms with E-state index < -0.39 is 0 Å². The number of hydrogen-bond acceptors (Lipinski definition) is 5. The van der Waals surface area contributed by atoms with Crippen LogP contribution in [0.1, 0.15) is 30.8 Å². The van der Waals surface area contributed by atoms with Crippen molar-refractivity contribution >= 4 is 0 Å². The number of nitrogens with one attached hydrogen (secondary N) is 1. The highest BCUT2D eigenvalue weighted by Gasteiger charge is 2.18. The Labute approximate surface area is 112 Å². The molecule has 1 unspecified atom stereocenters. The summed E-state index contributed by atoms with van der Waals surface area (Å²) in [5.41, 5.74) is 3.81. The number of ether oxygens (including phenoxy) is 1. The van der Waals surface area contributed by atoms with E-state index in [1.807, 2.05) is 28.9 Å². The summed E-state index contributed by atoms with van der Waals surface area (Å²) < 4.78 is 7.02. The second kappa shape index (κ2) is 6.31. The molecule has 0 saturated carbocycles. The van der Waals surface area contributed by atoms with E-state index in [0.29, 0.717) is 0 Å². The molecule has 0 aliphatic heterocycles. The van der Waals surface area contributed by atoms with Gasteiger partial charge in [-0.3, -0.25) is 5.84 Å². The SMILES string of the molecule is CCCn1ncnc1C(NN)c1ccc(OC)cc1. The monoisotopic (exact) mass is 261 g/mol. The summed E-state index contributed by atoms with van der Waals surface area (Å²) in [6.45, 7) is 2.92. The summed E-state index contributed by atoms with van der Waals surface area (Å²) >= 11 is 0. The molecule has 1 aromatic carbocycles. The zero-order chi connectivity index (χ0) is 13.7. The topological polar surface area (TPSA) is 78.0 Å². The van der Waals surface area contributed by atoms with Gasteiger partial charge in [0.15, 0.2) is 0 Å². The lowest BCUT2D eigenvalue weighted by Crippen LogP contribution is -2.31. The molecule has 1 atom stereocenters. The van der Waals surface area contributed by atoms with E-state index in [9.17, 15) is 0 Å². The van der Waals surface area contributed by atoms with Crippen molar-refractivity contribution in [1.29, 1.82) is 0 Å². The molecule has 2 rings (SSSR count). The highest BCUT2D eigenvalue weighted by molar-refractivity contribution is 5.31. The fraction of sp³-hybridized carbons (Fsp3) is 0.385. The smallest absolute Gasteiger partial charge is 0.149 e. The number of rotatable bonds is 6. The first-order chi connectivity index (χ1) is 9.30. The molecule has 0 fully saturated rings. The van der Waals surface area contributed by atoms with Crippen LogP contribution in [-0.4, -0.2) is 21.9 Å². The number of nitrogens with two attached hydrogens (primary N) is 1. The van der Waals surface area contributed by atoms with E-state index in [4.69, 9.17) is 10.6 Å². The molecule has 2 aromatic rings. The van der Waals surface area contributed by atoms with Gasteiger partial charge in [-0.05, 0) is 24.1 Å². The van der Waals surface area contributed by atoms with Crippen LogP contribution < -0.4 is 16.0 Å². The number of hydrazine groups is 1. The molecule has 0 aliphatic rings. The van der Waals surface area contributed by atoms with Gasteiger partial charge in [0.05, 0.1) is 7.11 Å². The van der Waals surface area contributed by atoms with Gasteiger partial charge in [-0.15, -0.1) is 0 Å². The van der Waals surface area contributed by atoms with Gasteiger partial charge >= 0.3 is 0 Å². The number of benzene rings is 1. The minimum Gasteiger partial charge on any atom is -0.497 e. The van der Waals surface area contributed by atoms with Crippen molar-refractivity contribution in [3.63, 3.8) is 0 Å². The third-order valence-electron chi connectivity index (χ3n) is 2.95.